The van der Waals surface area contributed by atoms with Crippen LogP contribution in [-0.2, 0) is 11.3 Å². The molecule has 0 bridgehead atoms. The Hall–Kier alpha value is -2.21. The van der Waals surface area contributed by atoms with Crippen LogP contribution in [0.25, 0.3) is 5.76 Å². The zero-order valence-corrected chi connectivity index (χ0v) is 15.2. The van der Waals surface area contributed by atoms with E-state index in [-0.39, 0.29) is 5.56 Å². The smallest absolute Gasteiger partial charge is 0.316 e. The van der Waals surface area contributed by atoms with E-state index in [2.05, 4.69) is 30.8 Å². The van der Waals surface area contributed by atoms with Gasteiger partial charge in [-0.15, -0.1) is 4.91 Å². The number of fused-ring (bicyclic) bond motifs is 1. The summed E-state index contributed by atoms with van der Waals surface area (Å²) in [5.74, 6) is 0.438. The molecule has 6 nitrogen and oxygen atoms in total. The van der Waals surface area contributed by atoms with E-state index in [1.807, 2.05) is 6.07 Å². The summed E-state index contributed by atoms with van der Waals surface area (Å²) in [4.78, 5) is 24.5. The maximum Gasteiger partial charge on any atom is 0.316 e. The highest BCUT2D eigenvalue weighted by Crippen LogP contribution is 2.33. The van der Waals surface area contributed by atoms with Crippen LogP contribution in [-0.4, -0.2) is 30.5 Å². The summed E-state index contributed by atoms with van der Waals surface area (Å²) < 4.78 is 6.07. The van der Waals surface area contributed by atoms with Gasteiger partial charge in [0.25, 0.3) is 0 Å². The van der Waals surface area contributed by atoms with E-state index in [1.165, 1.54) is 0 Å². The van der Waals surface area contributed by atoms with Crippen LogP contribution in [0.3, 0.4) is 0 Å². The van der Waals surface area contributed by atoms with Gasteiger partial charge in [0.1, 0.15) is 5.76 Å². The second-order valence-corrected chi connectivity index (χ2v) is 6.72. The van der Waals surface area contributed by atoms with E-state index in [0.29, 0.717) is 25.6 Å². The van der Waals surface area contributed by atoms with Crippen molar-refractivity contribution in [3.8, 4) is 0 Å². The maximum absolute atomic E-state index is 11.7. The number of amides is 1. The van der Waals surface area contributed by atoms with Crippen LogP contribution in [0.15, 0.2) is 29.1 Å². The maximum atomic E-state index is 11.7. The molecule has 25 heavy (non-hydrogen) atoms. The molecule has 1 aliphatic heterocycles. The molecule has 136 valence electrons. The van der Waals surface area contributed by atoms with E-state index in [4.69, 9.17) is 10.5 Å². The first-order chi connectivity index (χ1) is 12.0. The van der Waals surface area contributed by atoms with Crippen molar-refractivity contribution in [2.24, 2.45) is 16.8 Å². The van der Waals surface area contributed by atoms with Crippen molar-refractivity contribution in [2.75, 3.05) is 19.7 Å². The predicted octanol–water partition coefficient (Wildman–Crippen LogP) is 3.51. The zero-order valence-electron chi connectivity index (χ0n) is 15.2. The van der Waals surface area contributed by atoms with Crippen LogP contribution in [0.5, 0.6) is 0 Å². The topological polar surface area (TPSA) is 85.0 Å². The molecule has 0 fully saturated rings. The van der Waals surface area contributed by atoms with Crippen molar-refractivity contribution in [1.29, 1.82) is 0 Å². The molecule has 0 aromatic heterocycles. The molecule has 0 atom stereocenters. The summed E-state index contributed by atoms with van der Waals surface area (Å²) in [6, 6.07) is 5.22. The number of unbranched alkanes of at least 4 members (excludes halogenated alkanes) is 1. The molecule has 2 N–H and O–H groups in total. The van der Waals surface area contributed by atoms with E-state index < -0.39 is 5.91 Å². The van der Waals surface area contributed by atoms with Crippen molar-refractivity contribution >= 4 is 11.7 Å². The molecule has 0 unspecified atom stereocenters. The second-order valence-electron chi connectivity index (χ2n) is 6.72. The average Bonchev–Trinajstić information content (AvgIpc) is 2.60. The summed E-state index contributed by atoms with van der Waals surface area (Å²) in [6.07, 6.45) is 1.97. The van der Waals surface area contributed by atoms with E-state index in [1.54, 1.807) is 12.1 Å². The summed E-state index contributed by atoms with van der Waals surface area (Å²) >= 11 is 0. The molecule has 1 amide bonds. The van der Waals surface area contributed by atoms with E-state index in [0.717, 1.165) is 42.0 Å². The fraction of sp³-hybridized carbons (Fsp3) is 0.526. The molecule has 1 aromatic carbocycles. The Morgan fingerprint density at radius 1 is 1.40 bits per heavy atom. The van der Waals surface area contributed by atoms with Crippen LogP contribution in [0, 0.1) is 10.8 Å². The minimum absolute atomic E-state index is 0.277. The number of nitrogens with two attached hydrogens (primary N) is 1. The lowest BCUT2D eigenvalue weighted by molar-refractivity contribution is 0.100. The third-order valence-corrected chi connectivity index (χ3v) is 4.21. The fourth-order valence-corrected chi connectivity index (χ4v) is 3.03. The molecule has 0 aliphatic carbocycles. The largest absolute Gasteiger partial charge is 0.491 e. The Bertz CT molecular complexity index is 668. The molecule has 2 rings (SSSR count). The van der Waals surface area contributed by atoms with Gasteiger partial charge in [0.05, 0.1) is 12.3 Å². The molecule has 0 saturated heterocycles. The number of carbonyl (C=O) groups is 1. The lowest BCUT2D eigenvalue weighted by atomic mass is 9.96. The number of hydrogen-bond acceptors (Lipinski definition) is 5. The van der Waals surface area contributed by atoms with Gasteiger partial charge in [-0.25, -0.2) is 0 Å². The van der Waals surface area contributed by atoms with E-state index >= 15 is 0 Å². The minimum atomic E-state index is -0.769. The molecule has 6 heteroatoms. The highest BCUT2D eigenvalue weighted by molar-refractivity contribution is 5.95. The summed E-state index contributed by atoms with van der Waals surface area (Å²) in [5, 5.41) is 2.52. The quantitative estimate of drug-likeness (QED) is 0.575. The summed E-state index contributed by atoms with van der Waals surface area (Å²) in [5.41, 5.74) is 9.15. The Balaban J connectivity index is 2.49. The number of carbonyl (C=O) groups excluding carboxylic acids is 1. The monoisotopic (exact) mass is 345 g/mol. The second kappa shape index (κ2) is 8.76. The Morgan fingerprint density at radius 3 is 2.76 bits per heavy atom. The van der Waals surface area contributed by atoms with Gasteiger partial charge in [-0.05, 0) is 30.0 Å². The van der Waals surface area contributed by atoms with Gasteiger partial charge < -0.3 is 15.4 Å². The normalized spacial score (nSPS) is 13.9. The van der Waals surface area contributed by atoms with Crippen LogP contribution in [0.1, 0.15) is 55.1 Å². The van der Waals surface area contributed by atoms with Crippen LogP contribution in [0.4, 0.5) is 0 Å². The van der Waals surface area contributed by atoms with Gasteiger partial charge in [0, 0.05) is 35.9 Å². The van der Waals surface area contributed by atoms with Gasteiger partial charge in [0.15, 0.2) is 0 Å². The Kier molecular flexibility index (Phi) is 6.70. The van der Waals surface area contributed by atoms with Crippen molar-refractivity contribution in [3.63, 3.8) is 0 Å². The van der Waals surface area contributed by atoms with Gasteiger partial charge in [-0.3, -0.25) is 4.79 Å². The first-order valence-electron chi connectivity index (χ1n) is 8.83. The fourth-order valence-electron chi connectivity index (χ4n) is 3.03. The third-order valence-electron chi connectivity index (χ3n) is 4.21. The van der Waals surface area contributed by atoms with Gasteiger partial charge in [0.2, 0.25) is 0 Å². The van der Waals surface area contributed by atoms with Gasteiger partial charge >= 0.3 is 5.91 Å². The Morgan fingerprint density at radius 2 is 2.16 bits per heavy atom. The number of nitroso groups, excluding NO2 is 1. The number of ether oxygens (including phenoxy) is 1. The molecule has 1 aliphatic rings. The first kappa shape index (κ1) is 19.1. The lowest BCUT2D eigenvalue weighted by Gasteiger charge is -2.35. The lowest BCUT2D eigenvalue weighted by Crippen LogP contribution is -2.35. The standard InChI is InChI=1S/C19H27N3O3/c1-4-5-8-25-18-16-9-14(19(23)21-24)6-7-15(16)12-22(11-13(2)3)17(18)10-20/h6-7,9,13H,4-5,8,10-12,20H2,1-3H3. The van der Waals surface area contributed by atoms with Crippen molar-refractivity contribution in [2.45, 2.75) is 40.2 Å². The SMILES string of the molecule is CCCCOC1=C(CN)N(CC(C)C)Cc2ccc(C(=O)N=O)cc21. The van der Waals surface area contributed by atoms with E-state index in [9.17, 15) is 9.70 Å². The Labute approximate surface area is 149 Å². The molecule has 1 heterocycles. The van der Waals surface area contributed by atoms with Crippen LogP contribution in [0.2, 0.25) is 0 Å². The predicted molar refractivity (Wildman–Crippen MR) is 98.6 cm³/mol. The highest BCUT2D eigenvalue weighted by atomic mass is 16.5. The molecular formula is C19H27N3O3. The zero-order chi connectivity index (χ0) is 18.4. The van der Waals surface area contributed by atoms with Crippen LogP contribution < -0.4 is 5.73 Å². The van der Waals surface area contributed by atoms with Crippen molar-refractivity contribution in [1.82, 2.24) is 4.90 Å². The minimum Gasteiger partial charge on any atom is -0.491 e. The van der Waals surface area contributed by atoms with Gasteiger partial charge in [-0.1, -0.05) is 33.3 Å². The highest BCUT2D eigenvalue weighted by Gasteiger charge is 2.27. The van der Waals surface area contributed by atoms with Crippen molar-refractivity contribution < 1.29 is 9.53 Å². The number of benzene rings is 1. The molecule has 0 radical (unpaired) electrons. The molecule has 0 spiro atoms. The molecular weight excluding hydrogens is 318 g/mol. The average molecular weight is 345 g/mol. The number of nitrogens with zero attached hydrogens (tertiary/aromatic N) is 2. The number of hydrogen-bond donors (Lipinski definition) is 1. The van der Waals surface area contributed by atoms with Gasteiger partial charge in [-0.2, -0.15) is 0 Å². The number of rotatable bonds is 8. The molecule has 1 aromatic rings. The van der Waals surface area contributed by atoms with Crippen LogP contribution >= 0.6 is 0 Å². The first-order valence-corrected chi connectivity index (χ1v) is 8.83. The molecule has 0 saturated carbocycles. The summed E-state index contributed by atoms with van der Waals surface area (Å²) in [6.45, 7) is 8.98. The third kappa shape index (κ3) is 4.45. The summed E-state index contributed by atoms with van der Waals surface area (Å²) in [7, 11) is 0. The van der Waals surface area contributed by atoms with Crippen molar-refractivity contribution in [3.05, 3.63) is 45.5 Å².